The highest BCUT2D eigenvalue weighted by atomic mass is 35.5. The summed E-state index contributed by atoms with van der Waals surface area (Å²) in [6.45, 7) is 0.517. The van der Waals surface area contributed by atoms with E-state index in [2.05, 4.69) is 0 Å². The fourth-order valence-corrected chi connectivity index (χ4v) is 1.89. The van der Waals surface area contributed by atoms with Crippen LogP contribution in [0.4, 0.5) is 0 Å². The van der Waals surface area contributed by atoms with Gasteiger partial charge in [0.05, 0.1) is 13.0 Å². The molecular formula is C15H15ClO2. The summed E-state index contributed by atoms with van der Waals surface area (Å²) in [7, 11) is 1.65. The Bertz CT molecular complexity index is 497. The predicted octanol–water partition coefficient (Wildman–Crippen LogP) is 4.01. The normalized spacial score (nSPS) is 10.1. The lowest BCUT2D eigenvalue weighted by Crippen LogP contribution is -1.97. The molecule has 18 heavy (non-hydrogen) atoms. The number of rotatable bonds is 5. The maximum Gasteiger partial charge on any atom is 0.123 e. The Hall–Kier alpha value is -1.67. The molecule has 94 valence electrons. The number of benzene rings is 2. The van der Waals surface area contributed by atoms with Crippen molar-refractivity contribution in [3.8, 4) is 11.5 Å². The van der Waals surface area contributed by atoms with Crippen LogP contribution in [0.5, 0.6) is 11.5 Å². The van der Waals surface area contributed by atoms with Crippen LogP contribution in [0.3, 0.4) is 0 Å². The van der Waals surface area contributed by atoms with Crippen LogP contribution in [0, 0.1) is 0 Å². The standard InChI is InChI=1S/C15H15ClO2/c1-17-15-9-12(7-8-13(15)10-16)11-18-14-5-3-2-4-6-14/h2-9H,10-11H2,1H3. The monoisotopic (exact) mass is 262 g/mol. The third kappa shape index (κ3) is 3.17. The van der Waals surface area contributed by atoms with Gasteiger partial charge in [0.2, 0.25) is 0 Å². The van der Waals surface area contributed by atoms with E-state index in [-0.39, 0.29) is 0 Å². The molecule has 0 heterocycles. The average molecular weight is 263 g/mol. The van der Waals surface area contributed by atoms with Crippen molar-refractivity contribution < 1.29 is 9.47 Å². The molecule has 0 bridgehead atoms. The summed E-state index contributed by atoms with van der Waals surface area (Å²) in [5, 5.41) is 0. The Kier molecular flexibility index (Phi) is 4.48. The summed E-state index contributed by atoms with van der Waals surface area (Å²) in [5.41, 5.74) is 2.05. The van der Waals surface area contributed by atoms with Crippen molar-refractivity contribution in [3.63, 3.8) is 0 Å². The summed E-state index contributed by atoms with van der Waals surface area (Å²) in [4.78, 5) is 0. The lowest BCUT2D eigenvalue weighted by atomic mass is 10.1. The van der Waals surface area contributed by atoms with Gasteiger partial charge in [0.25, 0.3) is 0 Å². The number of methoxy groups -OCH3 is 1. The molecule has 0 aliphatic rings. The van der Waals surface area contributed by atoms with Crippen LogP contribution in [-0.4, -0.2) is 7.11 Å². The minimum absolute atomic E-state index is 0.447. The quantitative estimate of drug-likeness (QED) is 0.758. The van der Waals surface area contributed by atoms with E-state index in [1.165, 1.54) is 0 Å². The van der Waals surface area contributed by atoms with Gasteiger partial charge >= 0.3 is 0 Å². The van der Waals surface area contributed by atoms with Crippen LogP contribution in [0.15, 0.2) is 48.5 Å². The Morgan fingerprint density at radius 1 is 1.06 bits per heavy atom. The molecule has 3 heteroatoms. The molecule has 2 rings (SSSR count). The third-order valence-electron chi connectivity index (χ3n) is 2.64. The maximum absolute atomic E-state index is 5.82. The van der Waals surface area contributed by atoms with Gasteiger partial charge in [-0.2, -0.15) is 0 Å². The first-order chi connectivity index (χ1) is 8.83. The Morgan fingerprint density at radius 3 is 2.50 bits per heavy atom. The number of alkyl halides is 1. The van der Waals surface area contributed by atoms with Gasteiger partial charge in [-0.25, -0.2) is 0 Å². The van der Waals surface area contributed by atoms with E-state index >= 15 is 0 Å². The van der Waals surface area contributed by atoms with Crippen molar-refractivity contribution in [3.05, 3.63) is 59.7 Å². The molecule has 0 radical (unpaired) electrons. The second kappa shape index (κ2) is 6.31. The van der Waals surface area contributed by atoms with Gasteiger partial charge in [-0.05, 0) is 23.8 Å². The van der Waals surface area contributed by atoms with Crippen molar-refractivity contribution >= 4 is 11.6 Å². The van der Waals surface area contributed by atoms with E-state index in [1.54, 1.807) is 7.11 Å². The van der Waals surface area contributed by atoms with E-state index in [4.69, 9.17) is 21.1 Å². The van der Waals surface area contributed by atoms with Crippen molar-refractivity contribution in [2.45, 2.75) is 12.5 Å². The van der Waals surface area contributed by atoms with Crippen molar-refractivity contribution in [1.82, 2.24) is 0 Å². The lowest BCUT2D eigenvalue weighted by molar-refractivity contribution is 0.305. The number of para-hydroxylation sites is 1. The highest BCUT2D eigenvalue weighted by molar-refractivity contribution is 6.17. The second-order valence-electron chi connectivity index (χ2n) is 3.88. The molecule has 2 aromatic carbocycles. The van der Waals surface area contributed by atoms with Gasteiger partial charge in [-0.1, -0.05) is 30.3 Å². The second-order valence-corrected chi connectivity index (χ2v) is 4.15. The molecule has 0 saturated heterocycles. The van der Waals surface area contributed by atoms with Gasteiger partial charge in [-0.15, -0.1) is 11.6 Å². The van der Waals surface area contributed by atoms with Crippen LogP contribution < -0.4 is 9.47 Å². The first-order valence-corrected chi connectivity index (χ1v) is 6.26. The highest BCUT2D eigenvalue weighted by Crippen LogP contribution is 2.22. The minimum atomic E-state index is 0.447. The topological polar surface area (TPSA) is 18.5 Å². The van der Waals surface area contributed by atoms with E-state index < -0.39 is 0 Å². The van der Waals surface area contributed by atoms with Crippen LogP contribution in [0.1, 0.15) is 11.1 Å². The van der Waals surface area contributed by atoms with Crippen molar-refractivity contribution in [2.24, 2.45) is 0 Å². The van der Waals surface area contributed by atoms with Crippen LogP contribution in [0.25, 0.3) is 0 Å². The Morgan fingerprint density at radius 2 is 1.83 bits per heavy atom. The molecular weight excluding hydrogens is 248 g/mol. The van der Waals surface area contributed by atoms with Crippen molar-refractivity contribution in [1.29, 1.82) is 0 Å². The number of ether oxygens (including phenoxy) is 2. The van der Waals surface area contributed by atoms with Gasteiger partial charge in [-0.3, -0.25) is 0 Å². The van der Waals surface area contributed by atoms with E-state index in [0.29, 0.717) is 12.5 Å². The molecule has 0 fully saturated rings. The summed E-state index contributed by atoms with van der Waals surface area (Å²) in [6, 6.07) is 15.7. The molecule has 2 nitrogen and oxygen atoms in total. The number of halogens is 1. The molecule has 0 aliphatic carbocycles. The lowest BCUT2D eigenvalue weighted by Gasteiger charge is -2.10. The van der Waals surface area contributed by atoms with Gasteiger partial charge in [0, 0.05) is 5.56 Å². The molecule has 0 amide bonds. The first kappa shape index (κ1) is 12.8. The zero-order valence-electron chi connectivity index (χ0n) is 10.2. The minimum Gasteiger partial charge on any atom is -0.496 e. The fourth-order valence-electron chi connectivity index (χ4n) is 1.67. The van der Waals surface area contributed by atoms with Crippen LogP contribution in [0.2, 0.25) is 0 Å². The SMILES string of the molecule is COc1cc(COc2ccccc2)ccc1CCl. The summed E-state index contributed by atoms with van der Waals surface area (Å²) < 4.78 is 11.0. The van der Waals surface area contributed by atoms with Crippen LogP contribution in [-0.2, 0) is 12.5 Å². The molecule has 0 saturated carbocycles. The molecule has 0 aliphatic heterocycles. The van der Waals surface area contributed by atoms with E-state index in [9.17, 15) is 0 Å². The predicted molar refractivity (Wildman–Crippen MR) is 73.3 cm³/mol. The maximum atomic E-state index is 5.82. The molecule has 0 unspecified atom stereocenters. The van der Waals surface area contributed by atoms with Gasteiger partial charge < -0.3 is 9.47 Å². The largest absolute Gasteiger partial charge is 0.496 e. The summed E-state index contributed by atoms with van der Waals surface area (Å²) >= 11 is 5.82. The smallest absolute Gasteiger partial charge is 0.123 e. The average Bonchev–Trinajstić information content (AvgIpc) is 2.45. The van der Waals surface area contributed by atoms with Gasteiger partial charge in [0.1, 0.15) is 18.1 Å². The molecule has 0 N–H and O–H groups in total. The number of hydrogen-bond donors (Lipinski definition) is 0. The zero-order valence-corrected chi connectivity index (χ0v) is 11.0. The van der Waals surface area contributed by atoms with E-state index in [1.807, 2.05) is 48.5 Å². The third-order valence-corrected chi connectivity index (χ3v) is 2.93. The highest BCUT2D eigenvalue weighted by Gasteiger charge is 2.04. The molecule has 2 aromatic rings. The summed E-state index contributed by atoms with van der Waals surface area (Å²) in [5.74, 6) is 2.11. The van der Waals surface area contributed by atoms with E-state index in [0.717, 1.165) is 22.6 Å². The van der Waals surface area contributed by atoms with Crippen molar-refractivity contribution in [2.75, 3.05) is 7.11 Å². The fraction of sp³-hybridized carbons (Fsp3) is 0.200. The molecule has 0 aromatic heterocycles. The Balaban J connectivity index is 2.06. The van der Waals surface area contributed by atoms with Gasteiger partial charge in [0.15, 0.2) is 0 Å². The number of hydrogen-bond acceptors (Lipinski definition) is 2. The summed E-state index contributed by atoms with van der Waals surface area (Å²) in [6.07, 6.45) is 0. The first-order valence-electron chi connectivity index (χ1n) is 5.73. The Labute approximate surface area is 112 Å². The van der Waals surface area contributed by atoms with Crippen LogP contribution >= 0.6 is 11.6 Å². The zero-order chi connectivity index (χ0) is 12.8. The molecule has 0 spiro atoms. The molecule has 0 atom stereocenters.